The average molecular weight is 320 g/mol. The minimum atomic E-state index is -0.980. The van der Waals surface area contributed by atoms with Crippen LogP contribution in [0.5, 0.6) is 0 Å². The summed E-state index contributed by atoms with van der Waals surface area (Å²) in [5.41, 5.74) is 0.451. The molecule has 0 saturated heterocycles. The van der Waals surface area contributed by atoms with Crippen molar-refractivity contribution in [2.45, 2.75) is 46.3 Å². The number of amides is 2. The van der Waals surface area contributed by atoms with Gasteiger partial charge >= 0.3 is 0 Å². The molecule has 2 amide bonds. The summed E-state index contributed by atoms with van der Waals surface area (Å²) in [5.74, 6) is -0.518. The molecule has 0 saturated carbocycles. The Morgan fingerprint density at radius 2 is 1.83 bits per heavy atom. The molecule has 0 heterocycles. The van der Waals surface area contributed by atoms with Crippen molar-refractivity contribution < 1.29 is 14.7 Å². The third-order valence-electron chi connectivity index (χ3n) is 3.61. The maximum absolute atomic E-state index is 12.6. The molecule has 0 spiro atoms. The minimum Gasteiger partial charge on any atom is -0.389 e. The molecule has 0 aliphatic carbocycles. The van der Waals surface area contributed by atoms with E-state index in [1.165, 1.54) is 4.90 Å². The highest BCUT2D eigenvalue weighted by atomic mass is 16.3. The van der Waals surface area contributed by atoms with E-state index >= 15 is 0 Å². The van der Waals surface area contributed by atoms with Crippen LogP contribution in [0, 0.1) is 12.8 Å². The number of aliphatic hydroxyl groups is 1. The molecule has 0 radical (unpaired) electrons. The Morgan fingerprint density at radius 1 is 1.26 bits per heavy atom. The van der Waals surface area contributed by atoms with Gasteiger partial charge < -0.3 is 15.3 Å². The summed E-state index contributed by atoms with van der Waals surface area (Å²) in [6.07, 6.45) is 0. The van der Waals surface area contributed by atoms with Crippen LogP contribution in [-0.4, -0.2) is 47.1 Å². The summed E-state index contributed by atoms with van der Waals surface area (Å²) >= 11 is 0. The average Bonchev–Trinajstić information content (AvgIpc) is 2.42. The summed E-state index contributed by atoms with van der Waals surface area (Å²) in [4.78, 5) is 26.5. The normalized spacial score (nSPS) is 12.9. The molecule has 5 heteroatoms. The predicted molar refractivity (Wildman–Crippen MR) is 91.2 cm³/mol. The molecule has 2 N–H and O–H groups in total. The molecule has 1 rings (SSSR count). The van der Waals surface area contributed by atoms with Crippen molar-refractivity contribution in [3.05, 3.63) is 35.4 Å². The highest BCUT2D eigenvalue weighted by Crippen LogP contribution is 2.12. The van der Waals surface area contributed by atoms with Crippen LogP contribution < -0.4 is 5.32 Å². The van der Waals surface area contributed by atoms with Crippen LogP contribution in [0.4, 0.5) is 0 Å². The van der Waals surface area contributed by atoms with Gasteiger partial charge in [-0.3, -0.25) is 9.59 Å². The van der Waals surface area contributed by atoms with Gasteiger partial charge in [0, 0.05) is 19.2 Å². The lowest BCUT2D eigenvalue weighted by Crippen LogP contribution is -2.52. The first-order valence-electron chi connectivity index (χ1n) is 7.87. The van der Waals surface area contributed by atoms with Gasteiger partial charge in [-0.05, 0) is 38.3 Å². The highest BCUT2D eigenvalue weighted by Gasteiger charge is 2.29. The molecule has 23 heavy (non-hydrogen) atoms. The lowest BCUT2D eigenvalue weighted by Gasteiger charge is -2.31. The van der Waals surface area contributed by atoms with Crippen molar-refractivity contribution in [1.82, 2.24) is 10.2 Å². The standard InChI is InChI=1S/C18H28N2O3/c1-12(2)15(17(22)20(6)11-18(4,5)23)19-16(21)14-10-8-7-9-13(14)3/h7-10,12,15,23H,11H2,1-6H3,(H,19,21). The van der Waals surface area contributed by atoms with Crippen LogP contribution in [0.2, 0.25) is 0 Å². The second-order valence-electron chi connectivity index (χ2n) is 7.02. The second kappa shape index (κ2) is 7.59. The molecule has 0 aliphatic rings. The van der Waals surface area contributed by atoms with Crippen LogP contribution in [0.25, 0.3) is 0 Å². The molecule has 1 aromatic carbocycles. The number of rotatable bonds is 6. The van der Waals surface area contributed by atoms with Crippen molar-refractivity contribution in [2.75, 3.05) is 13.6 Å². The van der Waals surface area contributed by atoms with Gasteiger partial charge in [-0.25, -0.2) is 0 Å². The van der Waals surface area contributed by atoms with E-state index in [0.717, 1.165) is 5.56 Å². The van der Waals surface area contributed by atoms with Gasteiger partial charge in [-0.1, -0.05) is 32.0 Å². The number of aryl methyl sites for hydroxylation is 1. The topological polar surface area (TPSA) is 69.6 Å². The van der Waals surface area contributed by atoms with E-state index in [4.69, 9.17) is 0 Å². The zero-order valence-corrected chi connectivity index (χ0v) is 14.9. The number of carbonyl (C=O) groups excluding carboxylic acids is 2. The molecule has 1 unspecified atom stereocenters. The van der Waals surface area contributed by atoms with E-state index in [-0.39, 0.29) is 24.3 Å². The monoisotopic (exact) mass is 320 g/mol. The zero-order chi connectivity index (χ0) is 17.8. The number of hydrogen-bond acceptors (Lipinski definition) is 3. The van der Waals surface area contributed by atoms with Gasteiger partial charge in [0.05, 0.1) is 5.60 Å². The largest absolute Gasteiger partial charge is 0.389 e. The van der Waals surface area contributed by atoms with E-state index in [1.54, 1.807) is 33.0 Å². The van der Waals surface area contributed by atoms with Crippen LogP contribution >= 0.6 is 0 Å². The highest BCUT2D eigenvalue weighted by molar-refractivity contribution is 5.98. The van der Waals surface area contributed by atoms with Crippen molar-refractivity contribution in [3.63, 3.8) is 0 Å². The first-order chi connectivity index (χ1) is 10.5. The van der Waals surface area contributed by atoms with Crippen LogP contribution in [0.15, 0.2) is 24.3 Å². The van der Waals surface area contributed by atoms with Crippen LogP contribution in [-0.2, 0) is 4.79 Å². The fourth-order valence-electron chi connectivity index (χ4n) is 2.46. The number of nitrogens with zero attached hydrogens (tertiary/aromatic N) is 1. The smallest absolute Gasteiger partial charge is 0.252 e. The van der Waals surface area contributed by atoms with Gasteiger partial charge in [-0.2, -0.15) is 0 Å². The third kappa shape index (κ3) is 5.67. The molecule has 0 aromatic heterocycles. The number of nitrogens with one attached hydrogen (secondary N) is 1. The molecule has 128 valence electrons. The maximum atomic E-state index is 12.6. The Labute approximate surface area is 138 Å². The number of benzene rings is 1. The Hall–Kier alpha value is -1.88. The van der Waals surface area contributed by atoms with E-state index in [2.05, 4.69) is 5.32 Å². The van der Waals surface area contributed by atoms with Gasteiger partial charge in [0.25, 0.3) is 5.91 Å². The molecular formula is C18H28N2O3. The summed E-state index contributed by atoms with van der Waals surface area (Å²) in [7, 11) is 1.63. The Bertz CT molecular complexity index is 562. The van der Waals surface area contributed by atoms with Crippen LogP contribution in [0.1, 0.15) is 43.6 Å². The summed E-state index contributed by atoms with van der Waals surface area (Å²) < 4.78 is 0. The number of hydrogen-bond donors (Lipinski definition) is 2. The summed E-state index contributed by atoms with van der Waals surface area (Å²) in [5, 5.41) is 12.7. The lowest BCUT2D eigenvalue weighted by molar-refractivity contribution is -0.135. The predicted octanol–water partition coefficient (Wildman–Crippen LogP) is 1.98. The lowest BCUT2D eigenvalue weighted by atomic mass is 10.0. The van der Waals surface area contributed by atoms with Gasteiger partial charge in [0.1, 0.15) is 6.04 Å². The van der Waals surface area contributed by atoms with Crippen molar-refractivity contribution in [3.8, 4) is 0 Å². The van der Waals surface area contributed by atoms with Crippen molar-refractivity contribution >= 4 is 11.8 Å². The van der Waals surface area contributed by atoms with E-state index in [0.29, 0.717) is 5.56 Å². The van der Waals surface area contributed by atoms with E-state index in [9.17, 15) is 14.7 Å². The first-order valence-corrected chi connectivity index (χ1v) is 7.87. The van der Waals surface area contributed by atoms with Crippen molar-refractivity contribution in [2.24, 2.45) is 5.92 Å². The van der Waals surface area contributed by atoms with Gasteiger partial charge in [0.15, 0.2) is 0 Å². The SMILES string of the molecule is Cc1ccccc1C(=O)NC(C(=O)N(C)CC(C)(C)O)C(C)C. The Morgan fingerprint density at radius 3 is 2.30 bits per heavy atom. The molecule has 1 atom stereocenters. The molecule has 1 aromatic rings. The molecular weight excluding hydrogens is 292 g/mol. The number of likely N-dealkylation sites (N-methyl/N-ethyl adjacent to an activating group) is 1. The molecule has 0 bridgehead atoms. The summed E-state index contributed by atoms with van der Waals surface area (Å²) in [6, 6.07) is 6.65. The first kappa shape index (κ1) is 19.2. The molecule has 0 fully saturated rings. The van der Waals surface area contributed by atoms with Crippen LogP contribution in [0.3, 0.4) is 0 Å². The second-order valence-corrected chi connectivity index (χ2v) is 7.02. The fourth-order valence-corrected chi connectivity index (χ4v) is 2.46. The van der Waals surface area contributed by atoms with E-state index < -0.39 is 11.6 Å². The number of carbonyl (C=O) groups is 2. The molecule has 0 aliphatic heterocycles. The fraction of sp³-hybridized carbons (Fsp3) is 0.556. The van der Waals surface area contributed by atoms with E-state index in [1.807, 2.05) is 32.9 Å². The van der Waals surface area contributed by atoms with Gasteiger partial charge in [-0.15, -0.1) is 0 Å². The maximum Gasteiger partial charge on any atom is 0.252 e. The quantitative estimate of drug-likeness (QED) is 0.842. The molecule has 5 nitrogen and oxygen atoms in total. The summed E-state index contributed by atoms with van der Waals surface area (Å²) in [6.45, 7) is 9.13. The Balaban J connectivity index is 2.89. The Kier molecular flexibility index (Phi) is 6.33. The van der Waals surface area contributed by atoms with Crippen molar-refractivity contribution in [1.29, 1.82) is 0 Å². The van der Waals surface area contributed by atoms with Gasteiger partial charge in [0.2, 0.25) is 5.91 Å². The third-order valence-corrected chi connectivity index (χ3v) is 3.61. The zero-order valence-electron chi connectivity index (χ0n) is 14.9. The minimum absolute atomic E-state index is 0.0558.